The van der Waals surface area contributed by atoms with Crippen LogP contribution in [-0.2, 0) is 19.1 Å². The molecule has 0 radical (unpaired) electrons. The van der Waals surface area contributed by atoms with E-state index in [1.807, 2.05) is 52.0 Å². The average Bonchev–Trinajstić information content (AvgIpc) is 3.21. The van der Waals surface area contributed by atoms with E-state index in [1.165, 1.54) is 7.11 Å². The molecule has 0 aromatic heterocycles. The van der Waals surface area contributed by atoms with Gasteiger partial charge in [0.1, 0.15) is 12.6 Å². The number of ether oxygens (including phenoxy) is 2. The van der Waals surface area contributed by atoms with Crippen LogP contribution in [0.1, 0.15) is 64.0 Å². The number of carboxylic acid groups (broad SMARTS) is 1. The molecule has 38 heavy (non-hydrogen) atoms. The molecule has 2 amide bonds. The number of fused-ring (bicyclic) bond motifs is 3. The molecule has 0 heterocycles. The monoisotopic (exact) mass is 524 g/mol. The van der Waals surface area contributed by atoms with Gasteiger partial charge in [0.15, 0.2) is 0 Å². The van der Waals surface area contributed by atoms with E-state index in [-0.39, 0.29) is 36.7 Å². The van der Waals surface area contributed by atoms with Gasteiger partial charge in [0.05, 0.1) is 18.6 Å². The van der Waals surface area contributed by atoms with Crippen molar-refractivity contribution in [1.82, 2.24) is 10.6 Å². The number of carboxylic acids is 1. The second kappa shape index (κ2) is 13.4. The van der Waals surface area contributed by atoms with Crippen molar-refractivity contribution < 1.29 is 29.0 Å². The molecule has 3 N–H and O–H groups in total. The van der Waals surface area contributed by atoms with Gasteiger partial charge in [0, 0.05) is 13.0 Å². The normalized spacial score (nSPS) is 15.6. The summed E-state index contributed by atoms with van der Waals surface area (Å²) in [5.41, 5.74) is 4.50. The fourth-order valence-corrected chi connectivity index (χ4v) is 5.13. The maximum absolute atomic E-state index is 13.4. The van der Waals surface area contributed by atoms with Crippen LogP contribution >= 0.6 is 0 Å². The van der Waals surface area contributed by atoms with Crippen molar-refractivity contribution in [1.29, 1.82) is 0 Å². The number of hydrogen-bond donors (Lipinski definition) is 3. The standard InChI is InChI=1S/C30H40N2O6/c1-6-19(4)28(26(37-5)16-27(33)34)32-29(35)25(15-18(2)3)31-30(36)38-17-24-22-13-9-7-11-20(22)21-12-8-10-14-23(21)24/h7-14,18-19,24-26,28H,6,15-17H2,1-5H3,(H,31,36)(H,32,35)(H,33,34)/t19-,25-,26+,28-/m0/s1. The highest BCUT2D eigenvalue weighted by molar-refractivity contribution is 5.86. The highest BCUT2D eigenvalue weighted by Gasteiger charge is 2.33. The minimum atomic E-state index is -1.00. The van der Waals surface area contributed by atoms with Crippen LogP contribution in [0.3, 0.4) is 0 Å². The molecule has 0 bridgehead atoms. The molecule has 0 aliphatic heterocycles. The van der Waals surface area contributed by atoms with E-state index in [0.717, 1.165) is 28.7 Å². The van der Waals surface area contributed by atoms with Crippen molar-refractivity contribution in [3.05, 3.63) is 59.7 Å². The molecule has 0 spiro atoms. The van der Waals surface area contributed by atoms with Crippen LogP contribution in [0.2, 0.25) is 0 Å². The van der Waals surface area contributed by atoms with Crippen LogP contribution in [0.5, 0.6) is 0 Å². The van der Waals surface area contributed by atoms with E-state index in [4.69, 9.17) is 9.47 Å². The van der Waals surface area contributed by atoms with Gasteiger partial charge in [-0.1, -0.05) is 82.6 Å². The van der Waals surface area contributed by atoms with Crippen LogP contribution < -0.4 is 10.6 Å². The van der Waals surface area contributed by atoms with Crippen molar-refractivity contribution in [2.75, 3.05) is 13.7 Å². The Balaban J connectivity index is 1.70. The fraction of sp³-hybridized carbons (Fsp3) is 0.500. The van der Waals surface area contributed by atoms with E-state index < -0.39 is 30.3 Å². The summed E-state index contributed by atoms with van der Waals surface area (Å²) in [6.45, 7) is 7.99. The number of aliphatic carboxylic acids is 1. The zero-order chi connectivity index (χ0) is 27.8. The largest absolute Gasteiger partial charge is 0.481 e. The lowest BCUT2D eigenvalue weighted by atomic mass is 9.91. The van der Waals surface area contributed by atoms with Gasteiger partial charge in [-0.3, -0.25) is 9.59 Å². The summed E-state index contributed by atoms with van der Waals surface area (Å²) in [6, 6.07) is 14.8. The number of carbonyl (C=O) groups is 3. The first kappa shape index (κ1) is 29.2. The zero-order valence-electron chi connectivity index (χ0n) is 22.9. The number of methoxy groups -OCH3 is 1. The van der Waals surface area contributed by atoms with E-state index >= 15 is 0 Å². The summed E-state index contributed by atoms with van der Waals surface area (Å²) in [4.78, 5) is 37.6. The van der Waals surface area contributed by atoms with Gasteiger partial charge in [0.2, 0.25) is 5.91 Å². The molecule has 0 fully saturated rings. The maximum atomic E-state index is 13.4. The quantitative estimate of drug-likeness (QED) is 0.341. The SMILES string of the molecule is CC[C@H](C)[C@H](NC(=O)[C@H](CC(C)C)NC(=O)OCC1c2ccccc2-c2ccccc21)[C@@H](CC(=O)O)OC. The molecule has 0 unspecified atom stereocenters. The summed E-state index contributed by atoms with van der Waals surface area (Å²) in [5, 5.41) is 15.0. The van der Waals surface area contributed by atoms with E-state index in [9.17, 15) is 19.5 Å². The van der Waals surface area contributed by atoms with E-state index in [2.05, 4.69) is 34.9 Å². The maximum Gasteiger partial charge on any atom is 0.407 e. The highest BCUT2D eigenvalue weighted by atomic mass is 16.5. The van der Waals surface area contributed by atoms with Crippen molar-refractivity contribution >= 4 is 18.0 Å². The third-order valence-corrected chi connectivity index (χ3v) is 7.30. The third-order valence-electron chi connectivity index (χ3n) is 7.30. The topological polar surface area (TPSA) is 114 Å². The predicted molar refractivity (Wildman–Crippen MR) is 146 cm³/mol. The fourth-order valence-electron chi connectivity index (χ4n) is 5.13. The van der Waals surface area contributed by atoms with Gasteiger partial charge in [0.25, 0.3) is 0 Å². The number of amides is 2. The van der Waals surface area contributed by atoms with Crippen LogP contribution in [0.4, 0.5) is 4.79 Å². The number of alkyl carbamates (subject to hydrolysis) is 1. The summed E-state index contributed by atoms with van der Waals surface area (Å²) in [7, 11) is 1.44. The Morgan fingerprint density at radius 2 is 1.53 bits per heavy atom. The molecule has 1 aliphatic rings. The van der Waals surface area contributed by atoms with Gasteiger partial charge >= 0.3 is 12.1 Å². The first-order chi connectivity index (χ1) is 18.2. The highest BCUT2D eigenvalue weighted by Crippen LogP contribution is 2.44. The average molecular weight is 525 g/mol. The molecular weight excluding hydrogens is 484 g/mol. The van der Waals surface area contributed by atoms with E-state index in [1.54, 1.807) is 0 Å². The minimum Gasteiger partial charge on any atom is -0.481 e. The molecule has 0 saturated heterocycles. The Kier molecular flexibility index (Phi) is 10.3. The molecule has 2 aromatic carbocycles. The van der Waals surface area contributed by atoms with E-state index in [0.29, 0.717) is 6.42 Å². The van der Waals surface area contributed by atoms with Gasteiger partial charge in [-0.05, 0) is 40.5 Å². The summed E-state index contributed by atoms with van der Waals surface area (Å²) >= 11 is 0. The molecule has 8 nitrogen and oxygen atoms in total. The summed E-state index contributed by atoms with van der Waals surface area (Å²) in [5.74, 6) is -1.38. The minimum absolute atomic E-state index is 0.0302. The second-order valence-corrected chi connectivity index (χ2v) is 10.4. The molecule has 4 atom stereocenters. The van der Waals surface area contributed by atoms with Gasteiger partial charge in [-0.25, -0.2) is 4.79 Å². The molecule has 2 aromatic rings. The number of nitrogens with one attached hydrogen (secondary N) is 2. The Morgan fingerprint density at radius 1 is 0.947 bits per heavy atom. The number of carbonyl (C=O) groups excluding carboxylic acids is 2. The zero-order valence-corrected chi connectivity index (χ0v) is 22.9. The molecule has 0 saturated carbocycles. The smallest absolute Gasteiger partial charge is 0.407 e. The lowest BCUT2D eigenvalue weighted by Gasteiger charge is -2.32. The Labute approximate surface area is 225 Å². The van der Waals surface area contributed by atoms with Gasteiger partial charge in [-0.15, -0.1) is 0 Å². The number of benzene rings is 2. The van der Waals surface area contributed by atoms with Crippen LogP contribution in [0, 0.1) is 11.8 Å². The van der Waals surface area contributed by atoms with Gasteiger partial charge < -0.3 is 25.2 Å². The van der Waals surface area contributed by atoms with Crippen molar-refractivity contribution in [2.45, 2.75) is 71.1 Å². The molecule has 3 rings (SSSR count). The number of hydrogen-bond acceptors (Lipinski definition) is 5. The van der Waals surface area contributed by atoms with Crippen LogP contribution in [0.25, 0.3) is 11.1 Å². The second-order valence-electron chi connectivity index (χ2n) is 10.4. The Morgan fingerprint density at radius 3 is 2.03 bits per heavy atom. The Hall–Kier alpha value is -3.39. The molecule has 1 aliphatic carbocycles. The number of rotatable bonds is 13. The summed E-state index contributed by atoms with van der Waals surface area (Å²) < 4.78 is 11.1. The molecule has 206 valence electrons. The first-order valence-electron chi connectivity index (χ1n) is 13.3. The van der Waals surface area contributed by atoms with Crippen LogP contribution in [0.15, 0.2) is 48.5 Å². The Bertz CT molecular complexity index is 1070. The molecular formula is C30H40N2O6. The summed E-state index contributed by atoms with van der Waals surface area (Å²) in [6.07, 6.45) is -0.471. The predicted octanol–water partition coefficient (Wildman–Crippen LogP) is 4.96. The molecule has 8 heteroatoms. The lowest BCUT2D eigenvalue weighted by molar-refractivity contribution is -0.141. The first-order valence-corrected chi connectivity index (χ1v) is 13.3. The van der Waals surface area contributed by atoms with Crippen molar-refractivity contribution in [2.24, 2.45) is 11.8 Å². The van der Waals surface area contributed by atoms with Crippen molar-refractivity contribution in [3.63, 3.8) is 0 Å². The van der Waals surface area contributed by atoms with Crippen molar-refractivity contribution in [3.8, 4) is 11.1 Å². The van der Waals surface area contributed by atoms with Crippen LogP contribution in [-0.4, -0.2) is 55.0 Å². The van der Waals surface area contributed by atoms with Gasteiger partial charge in [-0.2, -0.15) is 0 Å². The lowest BCUT2D eigenvalue weighted by Crippen LogP contribution is -2.55. The third kappa shape index (κ3) is 7.13.